The molecular formula is C17H24N2O2. The van der Waals surface area contributed by atoms with E-state index in [-0.39, 0.29) is 18.6 Å². The number of hydrogen-bond donors (Lipinski definition) is 3. The fourth-order valence-corrected chi connectivity index (χ4v) is 2.56. The molecule has 0 fully saturated rings. The first kappa shape index (κ1) is 15.6. The van der Waals surface area contributed by atoms with E-state index in [4.69, 9.17) is 0 Å². The molecule has 0 bridgehead atoms. The Balaban J connectivity index is 1.85. The lowest BCUT2D eigenvalue weighted by Crippen LogP contribution is -2.38. The number of carbonyl (C=O) groups excluding carboxylic acids is 1. The van der Waals surface area contributed by atoms with Gasteiger partial charge in [-0.05, 0) is 47.9 Å². The number of aromatic amines is 1. The molecule has 114 valence electrons. The molecule has 0 aliphatic heterocycles. The van der Waals surface area contributed by atoms with Gasteiger partial charge in [0, 0.05) is 18.1 Å². The maximum Gasteiger partial charge on any atom is 0.220 e. The molecule has 1 aromatic heterocycles. The molecule has 0 aliphatic rings. The van der Waals surface area contributed by atoms with Crippen molar-refractivity contribution >= 4 is 16.8 Å². The number of aliphatic hydroxyl groups is 1. The highest BCUT2D eigenvalue weighted by Gasteiger charge is 2.13. The predicted octanol–water partition coefficient (Wildman–Crippen LogP) is 2.62. The fourth-order valence-electron chi connectivity index (χ4n) is 2.56. The van der Waals surface area contributed by atoms with Crippen molar-refractivity contribution in [3.05, 3.63) is 36.0 Å². The Labute approximate surface area is 125 Å². The van der Waals surface area contributed by atoms with E-state index in [0.717, 1.165) is 17.5 Å². The Kier molecular flexibility index (Phi) is 5.39. The summed E-state index contributed by atoms with van der Waals surface area (Å²) in [6.07, 6.45) is 3.88. The van der Waals surface area contributed by atoms with E-state index in [1.807, 2.05) is 24.4 Å². The van der Waals surface area contributed by atoms with E-state index >= 15 is 0 Å². The number of fused-ring (bicyclic) bond motifs is 1. The van der Waals surface area contributed by atoms with Crippen molar-refractivity contribution in [3.8, 4) is 0 Å². The molecule has 21 heavy (non-hydrogen) atoms. The van der Waals surface area contributed by atoms with Crippen molar-refractivity contribution in [1.29, 1.82) is 0 Å². The van der Waals surface area contributed by atoms with Gasteiger partial charge in [-0.2, -0.15) is 0 Å². The number of aliphatic hydroxyl groups excluding tert-OH is 1. The molecule has 1 atom stereocenters. The molecule has 0 saturated carbocycles. The van der Waals surface area contributed by atoms with Crippen LogP contribution < -0.4 is 5.32 Å². The molecule has 0 saturated heterocycles. The first-order chi connectivity index (χ1) is 10.1. The third-order valence-electron chi connectivity index (χ3n) is 3.60. The minimum atomic E-state index is -0.135. The molecule has 0 aliphatic carbocycles. The van der Waals surface area contributed by atoms with Crippen molar-refractivity contribution in [2.24, 2.45) is 5.92 Å². The highest BCUT2D eigenvalue weighted by Crippen LogP contribution is 2.15. The summed E-state index contributed by atoms with van der Waals surface area (Å²) in [5.41, 5.74) is 2.27. The van der Waals surface area contributed by atoms with Gasteiger partial charge in [0.25, 0.3) is 0 Å². The minimum Gasteiger partial charge on any atom is -0.394 e. The lowest BCUT2D eigenvalue weighted by atomic mass is 10.0. The standard InChI is InChI=1S/C17H24N2O2/c1-12(2)9-15(11-20)19-17(21)6-4-13-3-5-16-14(10-13)7-8-18-16/h3,5,7-8,10,12,15,18,20H,4,6,9,11H2,1-2H3,(H,19,21). The Morgan fingerprint density at radius 1 is 1.33 bits per heavy atom. The van der Waals surface area contributed by atoms with Gasteiger partial charge in [0.05, 0.1) is 12.6 Å². The van der Waals surface area contributed by atoms with Gasteiger partial charge in [-0.1, -0.05) is 19.9 Å². The Hall–Kier alpha value is -1.81. The van der Waals surface area contributed by atoms with Crippen LogP contribution in [0.15, 0.2) is 30.5 Å². The van der Waals surface area contributed by atoms with Crippen LogP contribution in [0.2, 0.25) is 0 Å². The lowest BCUT2D eigenvalue weighted by molar-refractivity contribution is -0.122. The molecule has 1 unspecified atom stereocenters. The van der Waals surface area contributed by atoms with Gasteiger partial charge in [0.1, 0.15) is 0 Å². The first-order valence-corrected chi connectivity index (χ1v) is 7.54. The number of H-pyrrole nitrogens is 1. The van der Waals surface area contributed by atoms with Crippen molar-refractivity contribution in [2.75, 3.05) is 6.61 Å². The average Bonchev–Trinajstić information content (AvgIpc) is 2.91. The largest absolute Gasteiger partial charge is 0.394 e. The molecule has 1 amide bonds. The summed E-state index contributed by atoms with van der Waals surface area (Å²) >= 11 is 0. The van der Waals surface area contributed by atoms with Gasteiger partial charge in [-0.15, -0.1) is 0 Å². The average molecular weight is 288 g/mol. The van der Waals surface area contributed by atoms with E-state index in [1.165, 1.54) is 5.39 Å². The molecule has 1 heterocycles. The number of hydrogen-bond acceptors (Lipinski definition) is 2. The summed E-state index contributed by atoms with van der Waals surface area (Å²) in [4.78, 5) is 15.1. The van der Waals surface area contributed by atoms with E-state index < -0.39 is 0 Å². The summed E-state index contributed by atoms with van der Waals surface area (Å²) in [6, 6.07) is 8.09. The van der Waals surface area contributed by atoms with Crippen molar-refractivity contribution in [1.82, 2.24) is 10.3 Å². The van der Waals surface area contributed by atoms with Gasteiger partial charge < -0.3 is 15.4 Å². The van der Waals surface area contributed by atoms with Crippen LogP contribution in [0.1, 0.15) is 32.3 Å². The third-order valence-corrected chi connectivity index (χ3v) is 3.60. The van der Waals surface area contributed by atoms with E-state index in [2.05, 4.69) is 30.2 Å². The minimum absolute atomic E-state index is 0.000765. The molecule has 4 heteroatoms. The zero-order valence-corrected chi connectivity index (χ0v) is 12.7. The fraction of sp³-hybridized carbons (Fsp3) is 0.471. The maximum absolute atomic E-state index is 12.0. The van der Waals surface area contributed by atoms with Crippen LogP contribution in [0, 0.1) is 5.92 Å². The molecule has 0 spiro atoms. The Morgan fingerprint density at radius 2 is 2.14 bits per heavy atom. The maximum atomic E-state index is 12.0. The second-order valence-corrected chi connectivity index (χ2v) is 5.98. The predicted molar refractivity (Wildman–Crippen MR) is 85.1 cm³/mol. The highest BCUT2D eigenvalue weighted by molar-refractivity contribution is 5.80. The van der Waals surface area contributed by atoms with E-state index in [0.29, 0.717) is 18.8 Å². The zero-order valence-electron chi connectivity index (χ0n) is 12.7. The number of aryl methyl sites for hydroxylation is 1. The second kappa shape index (κ2) is 7.27. The van der Waals surface area contributed by atoms with Crippen LogP contribution >= 0.6 is 0 Å². The van der Waals surface area contributed by atoms with Crippen molar-refractivity contribution in [2.45, 2.75) is 39.2 Å². The molecule has 4 nitrogen and oxygen atoms in total. The molecule has 3 N–H and O–H groups in total. The second-order valence-electron chi connectivity index (χ2n) is 5.98. The van der Waals surface area contributed by atoms with Gasteiger partial charge in [0.15, 0.2) is 0 Å². The van der Waals surface area contributed by atoms with E-state index in [9.17, 15) is 9.90 Å². The lowest BCUT2D eigenvalue weighted by Gasteiger charge is -2.18. The first-order valence-electron chi connectivity index (χ1n) is 7.54. The zero-order chi connectivity index (χ0) is 15.2. The van der Waals surface area contributed by atoms with Gasteiger partial charge in [-0.25, -0.2) is 0 Å². The van der Waals surface area contributed by atoms with Crippen molar-refractivity contribution < 1.29 is 9.90 Å². The smallest absolute Gasteiger partial charge is 0.220 e. The van der Waals surface area contributed by atoms with Gasteiger partial charge in [0.2, 0.25) is 5.91 Å². The van der Waals surface area contributed by atoms with Gasteiger partial charge in [-0.3, -0.25) is 4.79 Å². The molecule has 2 aromatic rings. The number of nitrogens with one attached hydrogen (secondary N) is 2. The normalized spacial score (nSPS) is 12.8. The Morgan fingerprint density at radius 3 is 2.86 bits per heavy atom. The summed E-state index contributed by atoms with van der Waals surface area (Å²) in [6.45, 7) is 4.17. The monoisotopic (exact) mass is 288 g/mol. The Bertz CT molecular complexity index is 589. The molecule has 1 aromatic carbocycles. The SMILES string of the molecule is CC(C)CC(CO)NC(=O)CCc1ccc2[nH]ccc2c1. The third kappa shape index (κ3) is 4.60. The summed E-state index contributed by atoms with van der Waals surface area (Å²) in [5.74, 6) is 0.460. The van der Waals surface area contributed by atoms with Crippen LogP contribution in [0.4, 0.5) is 0 Å². The van der Waals surface area contributed by atoms with Crippen LogP contribution in [0.5, 0.6) is 0 Å². The van der Waals surface area contributed by atoms with Crippen molar-refractivity contribution in [3.63, 3.8) is 0 Å². The molecule has 0 radical (unpaired) electrons. The number of carbonyl (C=O) groups is 1. The van der Waals surface area contributed by atoms with E-state index in [1.54, 1.807) is 0 Å². The quantitative estimate of drug-likeness (QED) is 0.733. The highest BCUT2D eigenvalue weighted by atomic mass is 16.3. The van der Waals surface area contributed by atoms with Crippen LogP contribution in [-0.4, -0.2) is 28.6 Å². The summed E-state index contributed by atoms with van der Waals surface area (Å²) in [5, 5.41) is 13.4. The van der Waals surface area contributed by atoms with Crippen LogP contribution in [0.3, 0.4) is 0 Å². The topological polar surface area (TPSA) is 65.1 Å². The van der Waals surface area contributed by atoms with Gasteiger partial charge >= 0.3 is 0 Å². The summed E-state index contributed by atoms with van der Waals surface area (Å²) < 4.78 is 0. The number of amides is 1. The molecule has 2 rings (SSSR count). The number of aromatic nitrogens is 1. The van der Waals surface area contributed by atoms with Crippen LogP contribution in [-0.2, 0) is 11.2 Å². The summed E-state index contributed by atoms with van der Waals surface area (Å²) in [7, 11) is 0. The number of benzene rings is 1. The molecular weight excluding hydrogens is 264 g/mol. The van der Waals surface area contributed by atoms with Crippen LogP contribution in [0.25, 0.3) is 10.9 Å². The number of rotatable bonds is 7.